The van der Waals surface area contributed by atoms with Gasteiger partial charge in [-0.05, 0) is 31.2 Å². The largest absolute Gasteiger partial charge is 0.468 e. The molecule has 0 spiro atoms. The van der Waals surface area contributed by atoms with Gasteiger partial charge in [-0.15, -0.1) is 5.10 Å². The van der Waals surface area contributed by atoms with Crippen molar-refractivity contribution >= 4 is 28.9 Å². The van der Waals surface area contributed by atoms with Crippen molar-refractivity contribution in [3.05, 3.63) is 36.4 Å². The number of aromatic nitrogens is 5. The van der Waals surface area contributed by atoms with Gasteiger partial charge >= 0.3 is 5.97 Å². The number of esters is 1. The number of carbonyl (C=O) groups excluding carboxylic acids is 1. The first-order valence-corrected chi connectivity index (χ1v) is 7.55. The first-order chi connectivity index (χ1) is 11.1. The molecule has 0 bridgehead atoms. The van der Waals surface area contributed by atoms with Crippen LogP contribution >= 0.6 is 11.8 Å². The molecule has 2 heterocycles. The van der Waals surface area contributed by atoms with Crippen LogP contribution in [-0.4, -0.2) is 43.3 Å². The van der Waals surface area contributed by atoms with Gasteiger partial charge in [-0.1, -0.05) is 17.0 Å². The van der Waals surface area contributed by atoms with Gasteiger partial charge in [-0.3, -0.25) is 4.79 Å². The Bertz CT molecular complexity index is 852. The average Bonchev–Trinajstić information content (AvgIpc) is 3.00. The number of hydrogen-bond acceptors (Lipinski definition) is 7. The van der Waals surface area contributed by atoms with Gasteiger partial charge in [0.2, 0.25) is 0 Å². The second-order valence-corrected chi connectivity index (χ2v) is 5.94. The lowest BCUT2D eigenvalue weighted by atomic mass is 10.3. The topological polar surface area (TPSA) is 82.8 Å². The summed E-state index contributed by atoms with van der Waals surface area (Å²) in [7, 11) is 1.33. The molecule has 3 rings (SSSR count). The summed E-state index contributed by atoms with van der Waals surface area (Å²) >= 11 is 1.22. The summed E-state index contributed by atoms with van der Waals surface area (Å²) in [5.74, 6) is -0.691. The van der Waals surface area contributed by atoms with E-state index in [1.165, 1.54) is 42.0 Å². The Kier molecular flexibility index (Phi) is 4.20. The molecule has 0 aliphatic carbocycles. The van der Waals surface area contributed by atoms with Crippen LogP contribution in [0.2, 0.25) is 0 Å². The summed E-state index contributed by atoms with van der Waals surface area (Å²) in [6.45, 7) is 1.72. The van der Waals surface area contributed by atoms with Crippen molar-refractivity contribution in [2.75, 3.05) is 7.11 Å². The molecule has 0 radical (unpaired) electrons. The van der Waals surface area contributed by atoms with Crippen molar-refractivity contribution in [3.63, 3.8) is 0 Å². The van der Waals surface area contributed by atoms with Crippen LogP contribution in [0.1, 0.15) is 6.92 Å². The first kappa shape index (κ1) is 15.3. The number of hydrogen-bond donors (Lipinski definition) is 0. The van der Waals surface area contributed by atoms with E-state index in [1.807, 2.05) is 0 Å². The Labute approximate surface area is 134 Å². The molecule has 0 amide bonds. The molecule has 0 saturated heterocycles. The van der Waals surface area contributed by atoms with E-state index in [0.717, 1.165) is 0 Å². The number of benzene rings is 1. The van der Waals surface area contributed by atoms with Crippen LogP contribution in [0.5, 0.6) is 0 Å². The van der Waals surface area contributed by atoms with Gasteiger partial charge < -0.3 is 4.74 Å². The number of ether oxygens (including phenoxy) is 1. The molecule has 7 nitrogen and oxygen atoms in total. The Morgan fingerprint density at radius 3 is 2.74 bits per heavy atom. The fourth-order valence-electron chi connectivity index (χ4n) is 1.95. The van der Waals surface area contributed by atoms with Crippen LogP contribution in [0.3, 0.4) is 0 Å². The third kappa shape index (κ3) is 3.00. The Balaban J connectivity index is 2.00. The monoisotopic (exact) mass is 333 g/mol. The predicted molar refractivity (Wildman–Crippen MR) is 81.7 cm³/mol. The number of thioether (sulfide) groups is 1. The summed E-state index contributed by atoms with van der Waals surface area (Å²) in [4.78, 5) is 19.9. The van der Waals surface area contributed by atoms with Gasteiger partial charge in [-0.2, -0.15) is 4.68 Å². The second kappa shape index (κ2) is 6.29. The van der Waals surface area contributed by atoms with E-state index < -0.39 is 5.25 Å². The number of halogens is 1. The maximum atomic E-state index is 13.0. The number of methoxy groups -OCH3 is 1. The van der Waals surface area contributed by atoms with Crippen molar-refractivity contribution in [1.29, 1.82) is 0 Å². The molecule has 9 heteroatoms. The lowest BCUT2D eigenvalue weighted by molar-refractivity contribution is -0.139. The van der Waals surface area contributed by atoms with Crippen molar-refractivity contribution in [2.45, 2.75) is 17.2 Å². The second-order valence-electron chi connectivity index (χ2n) is 4.61. The zero-order chi connectivity index (χ0) is 16.4. The molecular formula is C14H12FN5O2S. The summed E-state index contributed by atoms with van der Waals surface area (Å²) < 4.78 is 19.2. The summed E-state index contributed by atoms with van der Waals surface area (Å²) in [6, 6.07) is 5.82. The molecule has 0 aliphatic rings. The van der Waals surface area contributed by atoms with Crippen molar-refractivity contribution in [1.82, 2.24) is 25.0 Å². The Morgan fingerprint density at radius 2 is 2.04 bits per heavy atom. The van der Waals surface area contributed by atoms with Crippen molar-refractivity contribution in [2.24, 2.45) is 0 Å². The van der Waals surface area contributed by atoms with E-state index in [4.69, 9.17) is 4.74 Å². The highest BCUT2D eigenvalue weighted by Crippen LogP contribution is 2.27. The third-order valence-corrected chi connectivity index (χ3v) is 4.16. The van der Waals surface area contributed by atoms with E-state index >= 15 is 0 Å². The molecule has 1 atom stereocenters. The SMILES string of the molecule is COC(=O)[C@H](C)Sc1ncnc2c1nnn2-c1ccc(F)cc1. The van der Waals surface area contributed by atoms with E-state index in [9.17, 15) is 9.18 Å². The smallest absolute Gasteiger partial charge is 0.318 e. The van der Waals surface area contributed by atoms with Crippen LogP contribution in [-0.2, 0) is 9.53 Å². The highest BCUT2D eigenvalue weighted by Gasteiger charge is 2.20. The first-order valence-electron chi connectivity index (χ1n) is 6.67. The van der Waals surface area contributed by atoms with Crippen LogP contribution in [0.15, 0.2) is 35.6 Å². The lowest BCUT2D eigenvalue weighted by Crippen LogP contribution is -2.14. The third-order valence-electron chi connectivity index (χ3n) is 3.10. The lowest BCUT2D eigenvalue weighted by Gasteiger charge is -2.07. The van der Waals surface area contributed by atoms with Crippen molar-refractivity contribution in [3.8, 4) is 5.69 Å². The highest BCUT2D eigenvalue weighted by atomic mass is 32.2. The Hall–Kier alpha value is -2.55. The number of nitrogens with zero attached hydrogens (tertiary/aromatic N) is 5. The Morgan fingerprint density at radius 1 is 1.30 bits per heavy atom. The average molecular weight is 333 g/mol. The zero-order valence-electron chi connectivity index (χ0n) is 12.3. The minimum atomic E-state index is -0.436. The zero-order valence-corrected chi connectivity index (χ0v) is 13.1. The van der Waals surface area contributed by atoms with Gasteiger partial charge in [-0.25, -0.2) is 14.4 Å². The molecular weight excluding hydrogens is 321 g/mol. The molecule has 1 aromatic carbocycles. The van der Waals surface area contributed by atoms with Gasteiger partial charge in [0.15, 0.2) is 11.2 Å². The molecule has 0 saturated carbocycles. The molecule has 2 aromatic heterocycles. The molecule has 0 aliphatic heterocycles. The number of fused-ring (bicyclic) bond motifs is 1. The molecule has 23 heavy (non-hydrogen) atoms. The normalized spacial score (nSPS) is 12.3. The summed E-state index contributed by atoms with van der Waals surface area (Å²) in [5, 5.41) is 8.21. The van der Waals surface area contributed by atoms with E-state index in [2.05, 4.69) is 20.3 Å². The van der Waals surface area contributed by atoms with Crippen molar-refractivity contribution < 1.29 is 13.9 Å². The van der Waals surface area contributed by atoms with E-state index in [0.29, 0.717) is 21.9 Å². The van der Waals surface area contributed by atoms with Crippen LogP contribution in [0.4, 0.5) is 4.39 Å². The molecule has 3 aromatic rings. The van der Waals surface area contributed by atoms with E-state index in [1.54, 1.807) is 19.1 Å². The fraction of sp³-hybridized carbons (Fsp3) is 0.214. The highest BCUT2D eigenvalue weighted by molar-refractivity contribution is 8.00. The fourth-order valence-corrected chi connectivity index (χ4v) is 2.83. The van der Waals surface area contributed by atoms with Crippen LogP contribution in [0, 0.1) is 5.82 Å². The number of carbonyl (C=O) groups is 1. The maximum absolute atomic E-state index is 13.0. The predicted octanol–water partition coefficient (Wildman–Crippen LogP) is 2.00. The summed E-state index contributed by atoms with van der Waals surface area (Å²) in [5.41, 5.74) is 1.58. The maximum Gasteiger partial charge on any atom is 0.318 e. The van der Waals surface area contributed by atoms with Gasteiger partial charge in [0.1, 0.15) is 22.4 Å². The minimum absolute atomic E-state index is 0.337. The molecule has 0 fully saturated rings. The van der Waals surface area contributed by atoms with Gasteiger partial charge in [0.05, 0.1) is 12.8 Å². The van der Waals surface area contributed by atoms with Crippen LogP contribution in [0.25, 0.3) is 16.9 Å². The van der Waals surface area contributed by atoms with E-state index in [-0.39, 0.29) is 11.8 Å². The van der Waals surface area contributed by atoms with Gasteiger partial charge in [0, 0.05) is 0 Å². The molecule has 118 valence electrons. The molecule has 0 unspecified atom stereocenters. The molecule has 0 N–H and O–H groups in total. The van der Waals surface area contributed by atoms with Crippen LogP contribution < -0.4 is 0 Å². The number of rotatable bonds is 4. The standard InChI is InChI=1S/C14H12FN5O2S/c1-8(14(21)22-2)23-13-11-12(16-7-17-13)20(19-18-11)10-5-3-9(15)4-6-10/h3-8H,1-2H3/t8-/m0/s1. The quantitative estimate of drug-likeness (QED) is 0.410. The summed E-state index contributed by atoms with van der Waals surface area (Å²) in [6.07, 6.45) is 1.37. The minimum Gasteiger partial charge on any atom is -0.468 e. The van der Waals surface area contributed by atoms with Gasteiger partial charge in [0.25, 0.3) is 0 Å².